The molecule has 1 saturated heterocycles. The first-order valence-electron chi connectivity index (χ1n) is 13.7. The number of carbonyl (C=O) groups excluding carboxylic acids is 2. The van der Waals surface area contributed by atoms with E-state index in [-0.39, 0.29) is 17.7 Å². The maximum Gasteiger partial charge on any atom is 0.253 e. The number of piperidine rings is 1. The van der Waals surface area contributed by atoms with Crippen LogP contribution in [-0.2, 0) is 4.79 Å². The highest BCUT2D eigenvalue weighted by Gasteiger charge is 2.30. The van der Waals surface area contributed by atoms with Gasteiger partial charge in [-0.2, -0.15) is 0 Å². The zero-order valence-electron chi connectivity index (χ0n) is 22.0. The van der Waals surface area contributed by atoms with Gasteiger partial charge in [-0.25, -0.2) is 4.98 Å². The number of rotatable bonds is 7. The summed E-state index contributed by atoms with van der Waals surface area (Å²) >= 11 is 0. The molecule has 5 rings (SSSR count). The number of fused-ring (bicyclic) bond motifs is 1. The number of nitrogens with one attached hydrogen (secondary N) is 1. The first kappa shape index (κ1) is 25.2. The molecule has 0 bridgehead atoms. The van der Waals surface area contributed by atoms with Crippen LogP contribution in [0.4, 0.5) is 0 Å². The van der Waals surface area contributed by atoms with E-state index in [1.165, 1.54) is 36.8 Å². The molecule has 1 aliphatic carbocycles. The Balaban J connectivity index is 1.14. The van der Waals surface area contributed by atoms with Crippen LogP contribution < -0.4 is 5.32 Å². The highest BCUT2D eigenvalue weighted by atomic mass is 16.3. The minimum Gasteiger partial charge on any atom is -0.436 e. The molecular formula is C31H37N3O3. The van der Waals surface area contributed by atoms with Crippen molar-refractivity contribution in [3.8, 4) is 11.5 Å². The van der Waals surface area contributed by atoms with E-state index in [1.807, 2.05) is 61.2 Å². The van der Waals surface area contributed by atoms with Crippen LogP contribution in [0.5, 0.6) is 0 Å². The number of amides is 2. The summed E-state index contributed by atoms with van der Waals surface area (Å²) in [6.45, 7) is 6.13. The molecule has 1 fully saturated rings. The van der Waals surface area contributed by atoms with Gasteiger partial charge in [0.25, 0.3) is 5.91 Å². The Hall–Kier alpha value is -3.41. The van der Waals surface area contributed by atoms with Gasteiger partial charge in [0.2, 0.25) is 11.8 Å². The number of allylic oxidation sites excluding steroid dienone is 1. The predicted octanol–water partition coefficient (Wildman–Crippen LogP) is 6.30. The van der Waals surface area contributed by atoms with E-state index in [0.29, 0.717) is 41.6 Å². The van der Waals surface area contributed by atoms with Crippen molar-refractivity contribution in [2.75, 3.05) is 19.6 Å². The molecule has 0 unspecified atom stereocenters. The molecule has 1 aliphatic heterocycles. The van der Waals surface area contributed by atoms with Crippen LogP contribution >= 0.6 is 0 Å². The number of carbonyl (C=O) groups is 2. The number of oxazole rings is 1. The fourth-order valence-electron chi connectivity index (χ4n) is 5.52. The third-order valence-corrected chi connectivity index (χ3v) is 8.01. The Kier molecular flexibility index (Phi) is 7.73. The van der Waals surface area contributed by atoms with Crippen LogP contribution in [0.25, 0.3) is 22.6 Å². The largest absolute Gasteiger partial charge is 0.436 e. The van der Waals surface area contributed by atoms with Crippen molar-refractivity contribution in [3.63, 3.8) is 0 Å². The number of likely N-dealkylation sites (tertiary alicyclic amines) is 1. The van der Waals surface area contributed by atoms with Gasteiger partial charge < -0.3 is 14.6 Å². The van der Waals surface area contributed by atoms with E-state index in [1.54, 1.807) is 0 Å². The lowest BCUT2D eigenvalue weighted by Crippen LogP contribution is -2.42. The lowest BCUT2D eigenvalue weighted by molar-refractivity contribution is -0.126. The molecule has 3 aromatic rings. The van der Waals surface area contributed by atoms with Gasteiger partial charge in [0.1, 0.15) is 5.52 Å². The molecule has 2 heterocycles. The minimum atomic E-state index is -0.0377. The number of nitrogens with zero attached hydrogens (tertiary/aromatic N) is 2. The maximum atomic E-state index is 13.2. The van der Waals surface area contributed by atoms with E-state index in [4.69, 9.17) is 4.42 Å². The van der Waals surface area contributed by atoms with E-state index < -0.39 is 0 Å². The Morgan fingerprint density at radius 1 is 1.11 bits per heavy atom. The average molecular weight is 500 g/mol. The molecule has 6 nitrogen and oxygen atoms in total. The monoisotopic (exact) mass is 499 g/mol. The molecular weight excluding hydrogens is 462 g/mol. The standard InChI is InChI=1S/C31H37N3O3/c1-21-8-10-25(11-9-21)30-33-27-20-26(12-13-28(27)37-30)31(36)34-18-15-24(16-19-34)22(2)29(35)32-17-14-23-6-4-3-5-7-23/h6,8-13,20,22,24H,3-5,7,14-19H2,1-2H3,(H,32,35)/t22-/m0/s1. The molecule has 37 heavy (non-hydrogen) atoms. The second kappa shape index (κ2) is 11.3. The second-order valence-electron chi connectivity index (χ2n) is 10.6. The first-order chi connectivity index (χ1) is 18.0. The summed E-state index contributed by atoms with van der Waals surface area (Å²) in [5.74, 6) is 0.973. The summed E-state index contributed by atoms with van der Waals surface area (Å²) in [5.41, 5.74) is 5.56. The van der Waals surface area contributed by atoms with Crippen LogP contribution in [0.15, 0.2) is 58.5 Å². The van der Waals surface area contributed by atoms with Crippen molar-refractivity contribution < 1.29 is 14.0 Å². The van der Waals surface area contributed by atoms with Gasteiger partial charge in [0, 0.05) is 36.7 Å². The molecule has 2 aliphatic rings. The van der Waals surface area contributed by atoms with Crippen LogP contribution in [-0.4, -0.2) is 41.3 Å². The fourth-order valence-corrected chi connectivity index (χ4v) is 5.52. The molecule has 6 heteroatoms. The van der Waals surface area contributed by atoms with E-state index in [9.17, 15) is 9.59 Å². The summed E-state index contributed by atoms with van der Waals surface area (Å²) in [7, 11) is 0. The van der Waals surface area contributed by atoms with Crippen LogP contribution in [0.2, 0.25) is 0 Å². The van der Waals surface area contributed by atoms with Crippen LogP contribution in [0.1, 0.15) is 67.8 Å². The van der Waals surface area contributed by atoms with E-state index >= 15 is 0 Å². The lowest BCUT2D eigenvalue weighted by Gasteiger charge is -2.34. The van der Waals surface area contributed by atoms with E-state index in [0.717, 1.165) is 31.4 Å². The molecule has 2 aromatic carbocycles. The highest BCUT2D eigenvalue weighted by molar-refractivity contribution is 5.97. The summed E-state index contributed by atoms with van der Waals surface area (Å²) in [4.78, 5) is 32.5. The number of benzene rings is 2. The zero-order valence-corrected chi connectivity index (χ0v) is 22.0. The van der Waals surface area contributed by atoms with Gasteiger partial charge in [-0.05, 0) is 88.1 Å². The maximum absolute atomic E-state index is 13.2. The van der Waals surface area contributed by atoms with Gasteiger partial charge in [-0.15, -0.1) is 0 Å². The predicted molar refractivity (Wildman–Crippen MR) is 146 cm³/mol. The Morgan fingerprint density at radius 3 is 2.62 bits per heavy atom. The lowest BCUT2D eigenvalue weighted by atomic mass is 9.84. The highest BCUT2D eigenvalue weighted by Crippen LogP contribution is 2.28. The van der Waals surface area contributed by atoms with Crippen molar-refractivity contribution in [2.45, 2.75) is 58.8 Å². The minimum absolute atomic E-state index is 0.0121. The molecule has 1 atom stereocenters. The van der Waals surface area contributed by atoms with Crippen molar-refractivity contribution >= 4 is 22.9 Å². The molecule has 1 N–H and O–H groups in total. The van der Waals surface area contributed by atoms with Gasteiger partial charge in [0.15, 0.2) is 5.58 Å². The first-order valence-corrected chi connectivity index (χ1v) is 13.7. The molecule has 2 amide bonds. The molecule has 194 valence electrons. The zero-order chi connectivity index (χ0) is 25.8. The summed E-state index contributed by atoms with van der Waals surface area (Å²) < 4.78 is 5.92. The van der Waals surface area contributed by atoms with Crippen LogP contribution in [0.3, 0.4) is 0 Å². The summed E-state index contributed by atoms with van der Waals surface area (Å²) in [6.07, 6.45) is 9.91. The van der Waals surface area contributed by atoms with Gasteiger partial charge in [-0.3, -0.25) is 9.59 Å². The summed E-state index contributed by atoms with van der Waals surface area (Å²) in [5, 5.41) is 3.14. The molecule has 0 radical (unpaired) electrons. The van der Waals surface area contributed by atoms with Crippen molar-refractivity contribution in [1.29, 1.82) is 0 Å². The molecule has 0 saturated carbocycles. The average Bonchev–Trinajstić information content (AvgIpc) is 3.37. The number of aryl methyl sites for hydroxylation is 1. The Labute approximate surface area is 219 Å². The fraction of sp³-hybridized carbons (Fsp3) is 0.452. The van der Waals surface area contributed by atoms with Crippen LogP contribution in [0, 0.1) is 18.8 Å². The third-order valence-electron chi connectivity index (χ3n) is 8.01. The number of hydrogen-bond acceptors (Lipinski definition) is 4. The Bertz CT molecular complexity index is 1280. The Morgan fingerprint density at radius 2 is 1.89 bits per heavy atom. The molecule has 0 spiro atoms. The number of hydrogen-bond donors (Lipinski definition) is 1. The van der Waals surface area contributed by atoms with E-state index in [2.05, 4.69) is 16.4 Å². The van der Waals surface area contributed by atoms with Crippen molar-refractivity contribution in [2.24, 2.45) is 11.8 Å². The van der Waals surface area contributed by atoms with Gasteiger partial charge in [-0.1, -0.05) is 36.3 Å². The smallest absolute Gasteiger partial charge is 0.253 e. The second-order valence-corrected chi connectivity index (χ2v) is 10.6. The SMILES string of the molecule is Cc1ccc(-c2nc3cc(C(=O)N4CCC([C@H](C)C(=O)NCCC5=CCCCC5)CC4)ccc3o2)cc1. The quantitative estimate of drug-likeness (QED) is 0.387. The topological polar surface area (TPSA) is 75.4 Å². The third kappa shape index (κ3) is 5.95. The normalized spacial score (nSPS) is 17.5. The van der Waals surface area contributed by atoms with Crippen molar-refractivity contribution in [3.05, 3.63) is 65.2 Å². The van der Waals surface area contributed by atoms with Crippen molar-refractivity contribution in [1.82, 2.24) is 15.2 Å². The van der Waals surface area contributed by atoms with Gasteiger partial charge in [0.05, 0.1) is 0 Å². The molecule has 1 aromatic heterocycles. The number of aromatic nitrogens is 1. The summed E-state index contributed by atoms with van der Waals surface area (Å²) in [6, 6.07) is 13.5. The van der Waals surface area contributed by atoms with Gasteiger partial charge >= 0.3 is 0 Å².